The van der Waals surface area contributed by atoms with Gasteiger partial charge in [0, 0.05) is 17.8 Å². The first-order chi connectivity index (χ1) is 18.9. The summed E-state index contributed by atoms with van der Waals surface area (Å²) in [5.41, 5.74) is 8.70. The molecule has 1 fully saturated rings. The minimum Gasteiger partial charge on any atom is -0.457 e. The molecule has 6 rings (SSSR count). The van der Waals surface area contributed by atoms with Crippen LogP contribution in [0.15, 0.2) is 65.8 Å². The third-order valence-electron chi connectivity index (χ3n) is 7.61. The van der Waals surface area contributed by atoms with Gasteiger partial charge in [-0.1, -0.05) is 42.8 Å². The number of para-hydroxylation sites is 1. The topological polar surface area (TPSA) is 127 Å². The van der Waals surface area contributed by atoms with Crippen LogP contribution in [0, 0.1) is 12.8 Å². The van der Waals surface area contributed by atoms with Crippen molar-refractivity contribution in [2.45, 2.75) is 55.0 Å². The maximum Gasteiger partial charge on any atom is 0.327 e. The van der Waals surface area contributed by atoms with Crippen molar-refractivity contribution in [3.8, 4) is 11.5 Å². The van der Waals surface area contributed by atoms with Crippen LogP contribution < -0.4 is 26.0 Å². The third kappa shape index (κ3) is 4.69. The molecule has 0 bridgehead atoms. The lowest BCUT2D eigenvalue weighted by molar-refractivity contribution is -0.126. The van der Waals surface area contributed by atoms with Crippen LogP contribution in [-0.4, -0.2) is 34.1 Å². The average Bonchev–Trinajstić information content (AvgIpc) is 3.30. The van der Waals surface area contributed by atoms with E-state index in [9.17, 15) is 14.4 Å². The number of anilines is 2. The lowest BCUT2D eigenvalue weighted by Crippen LogP contribution is -2.53. The monoisotopic (exact) mass is 543 g/mol. The maximum atomic E-state index is 13.5. The predicted octanol–water partition coefficient (Wildman–Crippen LogP) is 4.72. The number of nitrogens with two attached hydrogens (primary N) is 1. The number of ether oxygens (including phenoxy) is 1. The first-order valence-electron chi connectivity index (χ1n) is 13.1. The van der Waals surface area contributed by atoms with E-state index in [0.29, 0.717) is 35.0 Å². The van der Waals surface area contributed by atoms with Gasteiger partial charge in [-0.15, -0.1) is 0 Å². The second-order valence-corrected chi connectivity index (χ2v) is 11.3. The molecule has 39 heavy (non-hydrogen) atoms. The number of hydrogen-bond acceptors (Lipinski definition) is 6. The van der Waals surface area contributed by atoms with Crippen molar-refractivity contribution < 1.29 is 19.1 Å². The number of pyridine rings is 1. The van der Waals surface area contributed by atoms with Crippen molar-refractivity contribution in [2.24, 2.45) is 11.7 Å². The van der Waals surface area contributed by atoms with Gasteiger partial charge in [0.2, 0.25) is 11.8 Å². The van der Waals surface area contributed by atoms with Gasteiger partial charge in [0.25, 0.3) is 0 Å². The second-order valence-electron chi connectivity index (χ2n) is 10.1. The molecular weight excluding hydrogens is 514 g/mol. The molecule has 4 amide bonds. The fourth-order valence-electron chi connectivity index (χ4n) is 5.74. The number of nitrogens with zero attached hydrogens (tertiary/aromatic N) is 2. The normalized spacial score (nSPS) is 23.5. The molecular formula is C29H29N5O4S. The Morgan fingerprint density at radius 2 is 1.87 bits per heavy atom. The fraction of sp³-hybridized carbons (Fsp3) is 0.310. The number of aromatic nitrogens is 1. The van der Waals surface area contributed by atoms with Gasteiger partial charge in [0.1, 0.15) is 21.8 Å². The highest BCUT2D eigenvalue weighted by atomic mass is 32.2. The zero-order valence-corrected chi connectivity index (χ0v) is 22.2. The van der Waals surface area contributed by atoms with Gasteiger partial charge >= 0.3 is 6.03 Å². The summed E-state index contributed by atoms with van der Waals surface area (Å²) >= 11 is 1.34. The molecule has 0 spiro atoms. The molecule has 1 saturated carbocycles. The first kappa shape index (κ1) is 25.2. The van der Waals surface area contributed by atoms with Gasteiger partial charge in [-0.05, 0) is 61.7 Å². The number of benzene rings is 2. The van der Waals surface area contributed by atoms with Gasteiger partial charge in [-0.25, -0.2) is 9.78 Å². The molecule has 0 radical (unpaired) electrons. The smallest absolute Gasteiger partial charge is 0.327 e. The van der Waals surface area contributed by atoms with Crippen LogP contribution in [0.2, 0.25) is 0 Å². The number of primary amides is 1. The Kier molecular flexibility index (Phi) is 6.64. The number of thioether (sulfide) groups is 1. The predicted molar refractivity (Wildman–Crippen MR) is 148 cm³/mol. The van der Waals surface area contributed by atoms with Crippen LogP contribution in [0.5, 0.6) is 11.5 Å². The number of carbonyl (C=O) groups is 3. The standard InChI is InChI=1S/C29H29N5O4S/c1-16-15-18(38-17-7-3-2-4-8-17)11-12-21(16)34-22-13-14-31-28-23(22)24(33-29(34)37)25(39-28)27(36)32-20-10-6-5-9-19(20)26(30)35/h2-4,7-8,11-15,19-20,24-25H,5-6,9-10H2,1H3,(H2,30,35)(H,32,36)(H,33,37)/t19-,20-,24?,25?/m0/s1. The Labute approximate surface area is 230 Å². The summed E-state index contributed by atoms with van der Waals surface area (Å²) < 4.78 is 5.96. The van der Waals surface area contributed by atoms with Crippen LogP contribution in [0.1, 0.15) is 42.9 Å². The van der Waals surface area contributed by atoms with Crippen LogP contribution in [0.25, 0.3) is 0 Å². The molecule has 4 N–H and O–H groups in total. The van der Waals surface area contributed by atoms with E-state index in [4.69, 9.17) is 10.5 Å². The average molecular weight is 544 g/mol. The quantitative estimate of drug-likeness (QED) is 0.413. The molecule has 1 aliphatic carbocycles. The highest BCUT2D eigenvalue weighted by Crippen LogP contribution is 2.51. The Morgan fingerprint density at radius 3 is 2.64 bits per heavy atom. The number of hydrogen-bond donors (Lipinski definition) is 3. The van der Waals surface area contributed by atoms with E-state index in [0.717, 1.165) is 29.7 Å². The molecule has 3 aliphatic rings. The number of urea groups is 1. The first-order valence-corrected chi connectivity index (χ1v) is 14.0. The van der Waals surface area contributed by atoms with Crippen molar-refractivity contribution in [1.29, 1.82) is 0 Å². The maximum absolute atomic E-state index is 13.5. The molecule has 9 nitrogen and oxygen atoms in total. The zero-order chi connectivity index (χ0) is 27.1. The van der Waals surface area contributed by atoms with Crippen molar-refractivity contribution in [1.82, 2.24) is 15.6 Å². The lowest BCUT2D eigenvalue weighted by Gasteiger charge is -2.35. The highest BCUT2D eigenvalue weighted by molar-refractivity contribution is 8.01. The van der Waals surface area contributed by atoms with E-state index in [-0.39, 0.29) is 29.8 Å². The second kappa shape index (κ2) is 10.3. The van der Waals surface area contributed by atoms with Gasteiger partial charge < -0.3 is 21.1 Å². The number of aryl methyl sites for hydroxylation is 1. The molecule has 10 heteroatoms. The van der Waals surface area contributed by atoms with Crippen molar-refractivity contribution >= 4 is 41.0 Å². The third-order valence-corrected chi connectivity index (χ3v) is 8.90. The molecule has 0 saturated heterocycles. The van der Waals surface area contributed by atoms with E-state index in [1.807, 2.05) is 61.5 Å². The number of carbonyl (C=O) groups excluding carboxylic acids is 3. The van der Waals surface area contributed by atoms with E-state index < -0.39 is 11.3 Å². The van der Waals surface area contributed by atoms with Crippen molar-refractivity contribution in [3.63, 3.8) is 0 Å². The highest BCUT2D eigenvalue weighted by Gasteiger charge is 2.47. The Balaban J connectivity index is 1.26. The minimum atomic E-state index is -0.599. The number of nitrogens with one attached hydrogen (secondary N) is 2. The summed E-state index contributed by atoms with van der Waals surface area (Å²) in [5, 5.41) is 6.22. The number of amides is 4. The van der Waals surface area contributed by atoms with Gasteiger partial charge in [0.05, 0.1) is 23.3 Å². The molecule has 1 aromatic heterocycles. The Morgan fingerprint density at radius 1 is 1.08 bits per heavy atom. The van der Waals surface area contributed by atoms with E-state index >= 15 is 0 Å². The largest absolute Gasteiger partial charge is 0.457 e. The van der Waals surface area contributed by atoms with Crippen molar-refractivity contribution in [2.75, 3.05) is 4.90 Å². The molecule has 3 aromatic rings. The van der Waals surface area contributed by atoms with E-state index in [1.165, 1.54) is 11.8 Å². The van der Waals surface area contributed by atoms with Gasteiger partial charge in [0.15, 0.2) is 0 Å². The van der Waals surface area contributed by atoms with Crippen LogP contribution >= 0.6 is 11.8 Å². The van der Waals surface area contributed by atoms with E-state index in [1.54, 1.807) is 11.1 Å². The minimum absolute atomic E-state index is 0.223. The molecule has 2 aliphatic heterocycles. The van der Waals surface area contributed by atoms with Crippen LogP contribution in [0.4, 0.5) is 16.2 Å². The van der Waals surface area contributed by atoms with Crippen molar-refractivity contribution in [3.05, 3.63) is 71.9 Å². The van der Waals surface area contributed by atoms with Gasteiger partial charge in [-0.3, -0.25) is 14.5 Å². The van der Waals surface area contributed by atoms with E-state index in [2.05, 4.69) is 15.6 Å². The summed E-state index contributed by atoms with van der Waals surface area (Å²) in [6.45, 7) is 1.93. The molecule has 3 heterocycles. The summed E-state index contributed by atoms with van der Waals surface area (Å²) in [7, 11) is 0. The molecule has 2 unspecified atom stereocenters. The molecule has 4 atom stereocenters. The summed E-state index contributed by atoms with van der Waals surface area (Å²) in [4.78, 5) is 45.1. The Hall–Kier alpha value is -4.05. The van der Waals surface area contributed by atoms with Crippen LogP contribution in [-0.2, 0) is 9.59 Å². The van der Waals surface area contributed by atoms with Gasteiger partial charge in [-0.2, -0.15) is 0 Å². The molecule has 2 aromatic carbocycles. The zero-order valence-electron chi connectivity index (χ0n) is 21.4. The van der Waals surface area contributed by atoms with Crippen LogP contribution in [0.3, 0.4) is 0 Å². The molecule has 200 valence electrons. The Bertz CT molecular complexity index is 1450. The fourth-order valence-corrected chi connectivity index (χ4v) is 6.98. The summed E-state index contributed by atoms with van der Waals surface area (Å²) in [6.07, 6.45) is 4.90. The number of rotatable bonds is 6. The lowest BCUT2D eigenvalue weighted by atomic mass is 9.84. The summed E-state index contributed by atoms with van der Waals surface area (Å²) in [5.74, 6) is 0.412. The SMILES string of the molecule is Cc1cc(Oc2ccccc2)ccc1N1C(=O)NC2c3c1ccnc3SC2C(=O)N[C@H]1CCCC[C@@H]1C(N)=O. The summed E-state index contributed by atoms with van der Waals surface area (Å²) in [6, 6.07) is 15.8.